The van der Waals surface area contributed by atoms with Crippen LogP contribution in [0.25, 0.3) is 0 Å². The van der Waals surface area contributed by atoms with Gasteiger partial charge in [-0.3, -0.25) is 9.89 Å². The zero-order chi connectivity index (χ0) is 14.6. The zero-order valence-corrected chi connectivity index (χ0v) is 13.4. The molecule has 5 nitrogen and oxygen atoms in total. The van der Waals surface area contributed by atoms with Crippen LogP contribution in [0.5, 0.6) is 0 Å². The Morgan fingerprint density at radius 3 is 2.21 bits per heavy atom. The molecular weight excluding hydrogens is 260 g/mol. The monoisotopic (exact) mass is 284 g/mol. The average molecular weight is 284 g/mol. The largest absolute Gasteiger partial charge is 0.337 e. The maximum atomic E-state index is 12.2. The predicted octanol–water partition coefficient (Wildman–Crippen LogP) is 2.67. The third kappa shape index (κ3) is 4.53. The number of nitrogens with one attached hydrogen (secondary N) is 1. The second-order valence-corrected chi connectivity index (χ2v) is 6.38. The van der Waals surface area contributed by atoms with Crippen LogP contribution < -0.4 is 0 Å². The molecule has 0 bridgehead atoms. The molecule has 1 aromatic rings. The molecule has 0 aliphatic heterocycles. The molecule has 1 heterocycles. The first-order chi connectivity index (χ1) is 8.82. The van der Waals surface area contributed by atoms with Crippen LogP contribution in [0.2, 0.25) is 0 Å². The van der Waals surface area contributed by atoms with Gasteiger partial charge < -0.3 is 4.90 Å². The summed E-state index contributed by atoms with van der Waals surface area (Å²) < 4.78 is 0. The number of aromatic nitrogens is 3. The summed E-state index contributed by atoms with van der Waals surface area (Å²) in [7, 11) is 0. The molecule has 0 aliphatic carbocycles. The summed E-state index contributed by atoms with van der Waals surface area (Å²) in [6, 6.07) is 0.429. The van der Waals surface area contributed by atoms with E-state index in [9.17, 15) is 4.79 Å². The number of carbonyl (C=O) groups excluding carboxylic acids is 1. The molecule has 0 atom stereocenters. The van der Waals surface area contributed by atoms with Crippen LogP contribution in [0.1, 0.15) is 53.3 Å². The Morgan fingerprint density at radius 1 is 1.21 bits per heavy atom. The second kappa shape index (κ2) is 6.93. The van der Waals surface area contributed by atoms with E-state index < -0.39 is 0 Å². The molecule has 0 saturated heterocycles. The Balaban J connectivity index is 2.57. The number of amides is 1. The van der Waals surface area contributed by atoms with Crippen LogP contribution in [0.4, 0.5) is 0 Å². The van der Waals surface area contributed by atoms with Crippen LogP contribution >= 0.6 is 11.8 Å². The minimum Gasteiger partial charge on any atom is -0.337 e. The zero-order valence-electron chi connectivity index (χ0n) is 12.6. The van der Waals surface area contributed by atoms with Crippen molar-refractivity contribution in [1.82, 2.24) is 20.1 Å². The third-order valence-corrected chi connectivity index (χ3v) is 3.59. The lowest BCUT2D eigenvalue weighted by molar-refractivity contribution is -0.131. The van der Waals surface area contributed by atoms with E-state index in [4.69, 9.17) is 0 Å². The van der Waals surface area contributed by atoms with E-state index in [1.807, 2.05) is 32.6 Å². The van der Waals surface area contributed by atoms with Gasteiger partial charge in [-0.05, 0) is 27.7 Å². The van der Waals surface area contributed by atoms with Crippen molar-refractivity contribution in [2.45, 2.75) is 64.7 Å². The summed E-state index contributed by atoms with van der Waals surface area (Å²) in [4.78, 5) is 18.4. The van der Waals surface area contributed by atoms with Crippen molar-refractivity contribution in [2.24, 2.45) is 0 Å². The molecule has 1 rings (SSSR count). The molecule has 0 saturated carbocycles. The van der Waals surface area contributed by atoms with Gasteiger partial charge in [0.1, 0.15) is 5.82 Å². The smallest absolute Gasteiger partial charge is 0.233 e. The van der Waals surface area contributed by atoms with Gasteiger partial charge >= 0.3 is 0 Å². The number of hydrogen-bond donors (Lipinski definition) is 1. The Labute approximate surface area is 119 Å². The van der Waals surface area contributed by atoms with Gasteiger partial charge in [-0.1, -0.05) is 25.6 Å². The minimum absolute atomic E-state index is 0.130. The van der Waals surface area contributed by atoms with Gasteiger partial charge in [-0.25, -0.2) is 4.98 Å². The number of hydrogen-bond acceptors (Lipinski definition) is 4. The number of H-pyrrole nitrogens is 1. The second-order valence-electron chi connectivity index (χ2n) is 5.44. The molecule has 0 aromatic carbocycles. The van der Waals surface area contributed by atoms with Gasteiger partial charge in [-0.15, -0.1) is 5.10 Å². The first-order valence-corrected chi connectivity index (χ1v) is 7.67. The van der Waals surface area contributed by atoms with E-state index >= 15 is 0 Å². The third-order valence-electron chi connectivity index (χ3n) is 2.75. The Bertz CT molecular complexity index is 407. The van der Waals surface area contributed by atoms with Crippen molar-refractivity contribution in [3.05, 3.63) is 5.82 Å². The molecule has 0 aliphatic rings. The molecule has 1 aromatic heterocycles. The van der Waals surface area contributed by atoms with E-state index in [1.165, 1.54) is 11.8 Å². The summed E-state index contributed by atoms with van der Waals surface area (Å²) >= 11 is 1.39. The van der Waals surface area contributed by atoms with E-state index in [-0.39, 0.29) is 18.0 Å². The lowest BCUT2D eigenvalue weighted by Crippen LogP contribution is -2.43. The quantitative estimate of drug-likeness (QED) is 0.816. The highest BCUT2D eigenvalue weighted by Gasteiger charge is 2.20. The van der Waals surface area contributed by atoms with Crippen LogP contribution in [0.3, 0.4) is 0 Å². The van der Waals surface area contributed by atoms with Crippen LogP contribution in [-0.2, 0) is 4.79 Å². The number of aromatic amines is 1. The lowest BCUT2D eigenvalue weighted by Gasteiger charge is -2.30. The summed E-state index contributed by atoms with van der Waals surface area (Å²) in [6.45, 7) is 12.2. The van der Waals surface area contributed by atoms with Gasteiger partial charge in [0.05, 0.1) is 5.75 Å². The van der Waals surface area contributed by atoms with E-state index in [0.29, 0.717) is 16.8 Å². The number of rotatable bonds is 6. The Morgan fingerprint density at radius 2 is 1.79 bits per heavy atom. The van der Waals surface area contributed by atoms with Crippen molar-refractivity contribution in [1.29, 1.82) is 0 Å². The van der Waals surface area contributed by atoms with Crippen LogP contribution in [-0.4, -0.2) is 43.8 Å². The standard InChI is InChI=1S/C13H24N4OS/c1-8(2)12-14-13(16-15-12)19-7-11(18)17(9(3)4)10(5)6/h8-10H,7H2,1-6H3,(H,14,15,16). The highest BCUT2D eigenvalue weighted by Crippen LogP contribution is 2.17. The number of nitrogens with zero attached hydrogens (tertiary/aromatic N) is 3. The molecule has 0 fully saturated rings. The maximum Gasteiger partial charge on any atom is 0.233 e. The fourth-order valence-electron chi connectivity index (χ4n) is 1.95. The van der Waals surface area contributed by atoms with Gasteiger partial charge in [0.25, 0.3) is 0 Å². The Kier molecular flexibility index (Phi) is 5.85. The number of carbonyl (C=O) groups is 1. The molecule has 108 valence electrons. The minimum atomic E-state index is 0.130. The van der Waals surface area contributed by atoms with Crippen molar-refractivity contribution < 1.29 is 4.79 Å². The van der Waals surface area contributed by atoms with Crippen molar-refractivity contribution >= 4 is 17.7 Å². The van der Waals surface area contributed by atoms with E-state index in [0.717, 1.165) is 5.82 Å². The van der Waals surface area contributed by atoms with Gasteiger partial charge in [0.2, 0.25) is 11.1 Å². The van der Waals surface area contributed by atoms with E-state index in [2.05, 4.69) is 29.0 Å². The van der Waals surface area contributed by atoms with Crippen LogP contribution in [0, 0.1) is 0 Å². The normalized spacial score (nSPS) is 11.6. The summed E-state index contributed by atoms with van der Waals surface area (Å²) in [5.41, 5.74) is 0. The first-order valence-electron chi connectivity index (χ1n) is 6.69. The topological polar surface area (TPSA) is 61.9 Å². The first kappa shape index (κ1) is 16.0. The summed E-state index contributed by atoms with van der Waals surface area (Å²) in [5, 5.41) is 7.65. The summed E-state index contributed by atoms with van der Waals surface area (Å²) in [6.07, 6.45) is 0. The van der Waals surface area contributed by atoms with Crippen LogP contribution in [0.15, 0.2) is 5.16 Å². The van der Waals surface area contributed by atoms with Gasteiger partial charge in [0, 0.05) is 18.0 Å². The van der Waals surface area contributed by atoms with Gasteiger partial charge in [0.15, 0.2) is 0 Å². The summed E-state index contributed by atoms with van der Waals surface area (Å²) in [5.74, 6) is 1.69. The molecule has 0 unspecified atom stereocenters. The highest BCUT2D eigenvalue weighted by molar-refractivity contribution is 7.99. The molecule has 6 heteroatoms. The molecular formula is C13H24N4OS. The molecule has 0 spiro atoms. The van der Waals surface area contributed by atoms with E-state index in [1.54, 1.807) is 0 Å². The maximum absolute atomic E-state index is 12.2. The molecule has 1 N–H and O–H groups in total. The lowest BCUT2D eigenvalue weighted by atomic mass is 10.2. The highest BCUT2D eigenvalue weighted by atomic mass is 32.2. The van der Waals surface area contributed by atoms with Crippen molar-refractivity contribution in [2.75, 3.05) is 5.75 Å². The molecule has 0 radical (unpaired) electrons. The fourth-order valence-corrected chi connectivity index (χ4v) is 2.63. The SMILES string of the molecule is CC(C)c1nc(SCC(=O)N(C(C)C)C(C)C)n[nH]1. The van der Waals surface area contributed by atoms with Crippen molar-refractivity contribution in [3.8, 4) is 0 Å². The van der Waals surface area contributed by atoms with Crippen molar-refractivity contribution in [3.63, 3.8) is 0 Å². The average Bonchev–Trinajstić information content (AvgIpc) is 2.73. The number of thioether (sulfide) groups is 1. The Hall–Kier alpha value is -1.04. The predicted molar refractivity (Wildman–Crippen MR) is 78.3 cm³/mol. The fraction of sp³-hybridized carbons (Fsp3) is 0.769. The molecule has 19 heavy (non-hydrogen) atoms. The van der Waals surface area contributed by atoms with Gasteiger partial charge in [-0.2, -0.15) is 0 Å². The molecule has 1 amide bonds.